The first kappa shape index (κ1) is 26.1. The summed E-state index contributed by atoms with van der Waals surface area (Å²) in [5.74, 6) is 0.473. The largest absolute Gasteiger partial charge is 0.383 e. The van der Waals surface area contributed by atoms with Gasteiger partial charge in [-0.25, -0.2) is 12.8 Å². The van der Waals surface area contributed by atoms with Crippen LogP contribution in [-0.2, 0) is 21.3 Å². The number of hydrogen-bond acceptors (Lipinski definition) is 5. The molecule has 4 rings (SSSR count). The molecule has 0 N–H and O–H groups in total. The third kappa shape index (κ3) is 4.96. The summed E-state index contributed by atoms with van der Waals surface area (Å²) < 4.78 is 49.0. The maximum absolute atomic E-state index is 13.5. The second kappa shape index (κ2) is 10.8. The van der Waals surface area contributed by atoms with E-state index in [4.69, 9.17) is 9.84 Å². The number of fused-ring (bicyclic) bond motifs is 1. The Kier molecular flexibility index (Phi) is 8.33. The van der Waals surface area contributed by atoms with Crippen molar-refractivity contribution in [1.82, 2.24) is 14.1 Å². The molecule has 2 aromatic carbocycles. The molecule has 0 amide bonds. The topological polar surface area (TPSA) is 67.7 Å². The van der Waals surface area contributed by atoms with Crippen LogP contribution in [-0.4, -0.2) is 61.9 Å². The number of rotatable bonds is 9. The summed E-state index contributed by atoms with van der Waals surface area (Å²) in [4.78, 5) is 2.39. The molecule has 1 saturated heterocycles. The van der Waals surface area contributed by atoms with Crippen molar-refractivity contribution in [1.29, 1.82) is 0 Å². The lowest BCUT2D eigenvalue weighted by Gasteiger charge is -2.23. The van der Waals surface area contributed by atoms with Crippen molar-refractivity contribution in [3.05, 3.63) is 53.8 Å². The molecule has 1 aliphatic heterocycles. The Bertz CT molecular complexity index is 1210. The van der Waals surface area contributed by atoms with Crippen LogP contribution in [0, 0.1) is 5.82 Å². The van der Waals surface area contributed by atoms with Crippen LogP contribution in [0.4, 0.5) is 10.2 Å². The van der Waals surface area contributed by atoms with Gasteiger partial charge in [0.15, 0.2) is 5.82 Å². The Morgan fingerprint density at radius 1 is 1.15 bits per heavy atom. The Hall–Kier alpha value is -2.49. The highest BCUT2D eigenvalue weighted by Crippen LogP contribution is 2.32. The van der Waals surface area contributed by atoms with E-state index in [1.165, 1.54) is 12.1 Å². The lowest BCUT2D eigenvalue weighted by atomic mass is 10.2. The summed E-state index contributed by atoms with van der Waals surface area (Å²) in [6.45, 7) is 6.95. The van der Waals surface area contributed by atoms with E-state index in [2.05, 4.69) is 18.7 Å². The summed E-state index contributed by atoms with van der Waals surface area (Å²) >= 11 is 0. The molecular weight excluding hydrogens is 455 g/mol. The standard InChI is InChI=1S/C24H31FN4O3S.CH4/c1-4-27(5-2)24-22-15-21(33(30,31)29-14-6-7-20(29)17-32-3)12-13-23(22)28(26-24)16-18-8-10-19(25)11-9-18;/h8-13,15,20H,4-7,14,16-17H2,1-3H3;1H4/t20-;/m0./s1. The molecule has 0 bridgehead atoms. The molecule has 0 aliphatic carbocycles. The summed E-state index contributed by atoms with van der Waals surface area (Å²) in [5, 5.41) is 5.63. The van der Waals surface area contributed by atoms with E-state index in [-0.39, 0.29) is 24.2 Å². The van der Waals surface area contributed by atoms with Gasteiger partial charge in [-0.1, -0.05) is 19.6 Å². The van der Waals surface area contributed by atoms with Crippen LogP contribution in [0.25, 0.3) is 10.9 Å². The van der Waals surface area contributed by atoms with E-state index in [9.17, 15) is 12.8 Å². The molecule has 2 heterocycles. The molecular formula is C25H35FN4O3S. The van der Waals surface area contributed by atoms with Gasteiger partial charge < -0.3 is 9.64 Å². The van der Waals surface area contributed by atoms with Gasteiger partial charge >= 0.3 is 0 Å². The SMILES string of the molecule is C.CCN(CC)c1nn(Cc2ccc(F)cc2)c2ccc(S(=O)(=O)N3CCC[C@H]3COC)cc12. The van der Waals surface area contributed by atoms with Crippen molar-refractivity contribution < 1.29 is 17.5 Å². The van der Waals surface area contributed by atoms with Crippen LogP contribution in [0.2, 0.25) is 0 Å². The average Bonchev–Trinajstić information content (AvgIpc) is 3.42. The number of ether oxygens (including phenoxy) is 1. The summed E-state index contributed by atoms with van der Waals surface area (Å²) in [7, 11) is -2.06. The molecule has 0 spiro atoms. The fourth-order valence-corrected chi connectivity index (χ4v) is 6.27. The Morgan fingerprint density at radius 2 is 1.85 bits per heavy atom. The molecule has 0 radical (unpaired) electrons. The van der Waals surface area contributed by atoms with Gasteiger partial charge in [0, 0.05) is 38.2 Å². The molecule has 1 atom stereocenters. The van der Waals surface area contributed by atoms with Gasteiger partial charge in [-0.05, 0) is 62.6 Å². The molecule has 7 nitrogen and oxygen atoms in total. The monoisotopic (exact) mass is 490 g/mol. The zero-order chi connectivity index (χ0) is 23.6. The van der Waals surface area contributed by atoms with Crippen molar-refractivity contribution >= 4 is 26.7 Å². The molecule has 34 heavy (non-hydrogen) atoms. The van der Waals surface area contributed by atoms with Crippen LogP contribution < -0.4 is 4.90 Å². The van der Waals surface area contributed by atoms with Crippen LogP contribution in [0.1, 0.15) is 39.7 Å². The number of sulfonamides is 1. The molecule has 1 aliphatic rings. The lowest BCUT2D eigenvalue weighted by molar-refractivity contribution is 0.149. The Balaban J connectivity index is 0.00000324. The minimum Gasteiger partial charge on any atom is -0.383 e. The third-order valence-corrected chi connectivity index (χ3v) is 8.25. The fourth-order valence-electron chi connectivity index (χ4n) is 4.56. The highest BCUT2D eigenvalue weighted by atomic mass is 32.2. The number of hydrogen-bond donors (Lipinski definition) is 0. The first-order valence-corrected chi connectivity index (χ1v) is 12.8. The van der Waals surface area contributed by atoms with E-state index in [0.717, 1.165) is 48.2 Å². The van der Waals surface area contributed by atoms with Crippen LogP contribution in [0.15, 0.2) is 47.4 Å². The predicted molar refractivity (Wildman–Crippen MR) is 134 cm³/mol. The molecule has 186 valence electrons. The van der Waals surface area contributed by atoms with E-state index >= 15 is 0 Å². The zero-order valence-corrected chi connectivity index (χ0v) is 20.2. The van der Waals surface area contributed by atoms with Crippen LogP contribution >= 0.6 is 0 Å². The quantitative estimate of drug-likeness (QED) is 0.442. The van der Waals surface area contributed by atoms with Crippen molar-refractivity contribution in [3.8, 4) is 0 Å². The van der Waals surface area contributed by atoms with Gasteiger partial charge in [0.1, 0.15) is 5.82 Å². The molecule has 1 fully saturated rings. The summed E-state index contributed by atoms with van der Waals surface area (Å²) in [6.07, 6.45) is 1.63. The number of methoxy groups -OCH3 is 1. The van der Waals surface area contributed by atoms with Gasteiger partial charge in [0.25, 0.3) is 0 Å². The first-order chi connectivity index (χ1) is 15.9. The number of nitrogens with zero attached hydrogens (tertiary/aromatic N) is 4. The molecule has 3 aromatic rings. The van der Waals surface area contributed by atoms with Gasteiger partial charge in [-0.15, -0.1) is 0 Å². The highest BCUT2D eigenvalue weighted by Gasteiger charge is 2.35. The number of aromatic nitrogens is 2. The molecule has 0 unspecified atom stereocenters. The van der Waals surface area contributed by atoms with Crippen LogP contribution in [0.3, 0.4) is 0 Å². The van der Waals surface area contributed by atoms with Crippen molar-refractivity contribution in [3.63, 3.8) is 0 Å². The smallest absolute Gasteiger partial charge is 0.243 e. The number of halogens is 1. The average molecular weight is 491 g/mol. The maximum atomic E-state index is 13.5. The van der Waals surface area contributed by atoms with E-state index < -0.39 is 10.0 Å². The predicted octanol–water partition coefficient (Wildman–Crippen LogP) is 4.51. The summed E-state index contributed by atoms with van der Waals surface area (Å²) in [6, 6.07) is 11.4. The first-order valence-electron chi connectivity index (χ1n) is 11.4. The third-order valence-electron chi connectivity index (χ3n) is 6.30. The minimum atomic E-state index is -3.66. The molecule has 9 heteroatoms. The number of anilines is 1. The maximum Gasteiger partial charge on any atom is 0.243 e. The normalized spacial score (nSPS) is 16.6. The summed E-state index contributed by atoms with van der Waals surface area (Å²) in [5.41, 5.74) is 1.76. The van der Waals surface area contributed by atoms with Gasteiger partial charge in [0.2, 0.25) is 10.0 Å². The van der Waals surface area contributed by atoms with Gasteiger partial charge in [-0.2, -0.15) is 9.40 Å². The number of benzene rings is 2. The second-order valence-corrected chi connectivity index (χ2v) is 10.2. The minimum absolute atomic E-state index is 0. The van der Waals surface area contributed by atoms with E-state index in [1.807, 2.05) is 10.7 Å². The van der Waals surface area contributed by atoms with E-state index in [1.54, 1.807) is 35.7 Å². The fraction of sp³-hybridized carbons (Fsp3) is 0.480. The Labute approximate surface area is 202 Å². The van der Waals surface area contributed by atoms with Crippen LogP contribution in [0.5, 0.6) is 0 Å². The highest BCUT2D eigenvalue weighted by molar-refractivity contribution is 7.89. The van der Waals surface area contributed by atoms with Crippen molar-refractivity contribution in [2.24, 2.45) is 0 Å². The molecule has 0 saturated carbocycles. The van der Waals surface area contributed by atoms with Gasteiger partial charge in [0.05, 0.1) is 23.6 Å². The van der Waals surface area contributed by atoms with Crippen molar-refractivity contribution in [2.75, 3.05) is 38.3 Å². The van der Waals surface area contributed by atoms with Crippen molar-refractivity contribution in [2.45, 2.75) is 51.6 Å². The zero-order valence-electron chi connectivity index (χ0n) is 19.4. The Morgan fingerprint density at radius 3 is 2.50 bits per heavy atom. The molecule has 1 aromatic heterocycles. The van der Waals surface area contributed by atoms with Gasteiger partial charge in [-0.3, -0.25) is 4.68 Å². The van der Waals surface area contributed by atoms with E-state index in [0.29, 0.717) is 19.7 Å². The lowest BCUT2D eigenvalue weighted by Crippen LogP contribution is -2.38. The second-order valence-electron chi connectivity index (χ2n) is 8.33.